The number of carbonyl (C=O) groups is 2. The lowest BCUT2D eigenvalue weighted by Gasteiger charge is -2.28. The number of nitrogens with zero attached hydrogens (tertiary/aromatic N) is 2. The van der Waals surface area contributed by atoms with Crippen LogP contribution in [0.25, 0.3) is 5.69 Å². The van der Waals surface area contributed by atoms with E-state index in [4.69, 9.17) is 4.74 Å². The number of amides is 2. The van der Waals surface area contributed by atoms with Crippen molar-refractivity contribution in [3.05, 3.63) is 65.5 Å². The molecule has 3 heterocycles. The average Bonchev–Trinajstić information content (AvgIpc) is 3.16. The molecule has 0 radical (unpaired) electrons. The van der Waals surface area contributed by atoms with Crippen LogP contribution in [0, 0.1) is 6.92 Å². The molecule has 0 bridgehead atoms. The quantitative estimate of drug-likeness (QED) is 0.722. The predicted molar refractivity (Wildman–Crippen MR) is 104 cm³/mol. The summed E-state index contributed by atoms with van der Waals surface area (Å²) >= 11 is 0. The number of aromatic nitrogens is 2. The van der Waals surface area contributed by atoms with Crippen LogP contribution >= 0.6 is 0 Å². The molecule has 2 N–H and O–H groups in total. The second-order valence-electron chi connectivity index (χ2n) is 7.08. The van der Waals surface area contributed by atoms with Crippen molar-refractivity contribution in [3.8, 4) is 11.4 Å². The molecule has 0 fully saturated rings. The molecule has 140 valence electrons. The van der Waals surface area contributed by atoms with Gasteiger partial charge in [0.15, 0.2) is 6.61 Å². The lowest BCUT2D eigenvalue weighted by Crippen LogP contribution is -2.28. The van der Waals surface area contributed by atoms with Crippen molar-refractivity contribution in [3.63, 3.8) is 0 Å². The van der Waals surface area contributed by atoms with Crippen LogP contribution in [-0.4, -0.2) is 28.2 Å². The van der Waals surface area contributed by atoms with Crippen molar-refractivity contribution in [2.24, 2.45) is 0 Å². The molecule has 2 aliphatic rings. The molecule has 3 aromatic rings. The lowest BCUT2D eigenvalue weighted by molar-refractivity contribution is -0.119. The molecule has 0 spiro atoms. The third kappa shape index (κ3) is 2.72. The number of para-hydroxylation sites is 1. The van der Waals surface area contributed by atoms with E-state index in [0.717, 1.165) is 22.4 Å². The number of anilines is 2. The summed E-state index contributed by atoms with van der Waals surface area (Å²) in [6.45, 7) is 2.02. The summed E-state index contributed by atoms with van der Waals surface area (Å²) in [5.74, 6) is 0.178. The maximum absolute atomic E-state index is 12.3. The molecular formula is C21H18N4O3. The molecule has 0 unspecified atom stereocenters. The molecule has 2 amide bonds. The van der Waals surface area contributed by atoms with Gasteiger partial charge in [-0.3, -0.25) is 9.59 Å². The Morgan fingerprint density at radius 3 is 2.79 bits per heavy atom. The fourth-order valence-corrected chi connectivity index (χ4v) is 3.80. The van der Waals surface area contributed by atoms with E-state index in [-0.39, 0.29) is 24.3 Å². The van der Waals surface area contributed by atoms with Gasteiger partial charge in [-0.2, -0.15) is 5.10 Å². The largest absolute Gasteiger partial charge is 0.482 e. The maximum atomic E-state index is 12.3. The number of carbonyl (C=O) groups excluding carboxylic acids is 2. The zero-order chi connectivity index (χ0) is 19.3. The molecule has 7 heteroatoms. The first-order valence-electron chi connectivity index (χ1n) is 9.09. The Morgan fingerprint density at radius 2 is 1.93 bits per heavy atom. The van der Waals surface area contributed by atoms with Crippen molar-refractivity contribution in [2.75, 3.05) is 17.2 Å². The Balaban J connectivity index is 1.57. The molecule has 0 saturated heterocycles. The molecule has 7 nitrogen and oxygen atoms in total. The first kappa shape index (κ1) is 16.6. The van der Waals surface area contributed by atoms with Crippen molar-refractivity contribution in [2.45, 2.75) is 19.3 Å². The van der Waals surface area contributed by atoms with Crippen LogP contribution in [0.2, 0.25) is 0 Å². The number of benzene rings is 2. The average molecular weight is 374 g/mol. The van der Waals surface area contributed by atoms with Crippen molar-refractivity contribution in [1.82, 2.24) is 9.78 Å². The maximum Gasteiger partial charge on any atom is 0.262 e. The fraction of sp³-hybridized carbons (Fsp3) is 0.190. The van der Waals surface area contributed by atoms with Gasteiger partial charge in [-0.25, -0.2) is 4.68 Å². The van der Waals surface area contributed by atoms with E-state index in [9.17, 15) is 9.59 Å². The van der Waals surface area contributed by atoms with E-state index < -0.39 is 0 Å². The van der Waals surface area contributed by atoms with Gasteiger partial charge in [-0.05, 0) is 35.7 Å². The SMILES string of the molecule is Cc1ccccc1-n1cc([C@H]2CC(=O)Nc3cc4c(cc32)NC(=O)CO4)cn1. The summed E-state index contributed by atoms with van der Waals surface area (Å²) in [6, 6.07) is 11.7. The third-order valence-corrected chi connectivity index (χ3v) is 5.19. The van der Waals surface area contributed by atoms with Gasteiger partial charge in [0, 0.05) is 30.3 Å². The van der Waals surface area contributed by atoms with E-state index in [1.807, 2.05) is 48.1 Å². The van der Waals surface area contributed by atoms with Gasteiger partial charge in [-0.15, -0.1) is 0 Å². The molecule has 1 atom stereocenters. The molecule has 28 heavy (non-hydrogen) atoms. The van der Waals surface area contributed by atoms with Crippen molar-refractivity contribution < 1.29 is 14.3 Å². The minimum atomic E-state index is -0.184. The number of rotatable bonds is 2. The first-order valence-corrected chi connectivity index (χ1v) is 9.09. The lowest BCUT2D eigenvalue weighted by atomic mass is 9.86. The Morgan fingerprint density at radius 1 is 1.11 bits per heavy atom. The van der Waals surface area contributed by atoms with Crippen LogP contribution in [0.5, 0.6) is 5.75 Å². The molecule has 1 aromatic heterocycles. The van der Waals surface area contributed by atoms with Gasteiger partial charge >= 0.3 is 0 Å². The molecule has 0 saturated carbocycles. The summed E-state index contributed by atoms with van der Waals surface area (Å²) in [5, 5.41) is 10.3. The minimum absolute atomic E-state index is 0.0215. The van der Waals surface area contributed by atoms with Crippen molar-refractivity contribution >= 4 is 23.2 Å². The number of hydrogen-bond acceptors (Lipinski definition) is 4. The summed E-state index contributed by atoms with van der Waals surface area (Å²) in [7, 11) is 0. The molecular weight excluding hydrogens is 356 g/mol. The van der Waals surface area contributed by atoms with E-state index >= 15 is 0 Å². The number of aryl methyl sites for hydroxylation is 1. The second-order valence-corrected chi connectivity index (χ2v) is 7.08. The van der Waals surface area contributed by atoms with Crippen LogP contribution in [-0.2, 0) is 9.59 Å². The van der Waals surface area contributed by atoms with Crippen LogP contribution in [0.4, 0.5) is 11.4 Å². The molecule has 2 aliphatic heterocycles. The van der Waals surface area contributed by atoms with Crippen LogP contribution in [0.15, 0.2) is 48.8 Å². The molecule has 2 aromatic carbocycles. The summed E-state index contributed by atoms with van der Waals surface area (Å²) in [6.07, 6.45) is 4.08. The Kier molecular flexibility index (Phi) is 3.68. The molecule has 5 rings (SSSR count). The number of hydrogen-bond donors (Lipinski definition) is 2. The highest BCUT2D eigenvalue weighted by Gasteiger charge is 2.30. The highest BCUT2D eigenvalue weighted by Crippen LogP contribution is 2.43. The summed E-state index contributed by atoms with van der Waals surface area (Å²) < 4.78 is 7.31. The monoisotopic (exact) mass is 374 g/mol. The number of ether oxygens (including phenoxy) is 1. The van der Waals surface area contributed by atoms with Gasteiger partial charge in [-0.1, -0.05) is 18.2 Å². The zero-order valence-electron chi connectivity index (χ0n) is 15.2. The first-order chi connectivity index (χ1) is 13.6. The van der Waals surface area contributed by atoms with E-state index in [0.29, 0.717) is 23.5 Å². The molecule has 0 aliphatic carbocycles. The minimum Gasteiger partial charge on any atom is -0.482 e. The number of nitrogens with one attached hydrogen (secondary N) is 2. The van der Waals surface area contributed by atoms with Gasteiger partial charge in [0.2, 0.25) is 5.91 Å². The van der Waals surface area contributed by atoms with Crippen LogP contribution in [0.3, 0.4) is 0 Å². The van der Waals surface area contributed by atoms with Gasteiger partial charge in [0.25, 0.3) is 5.91 Å². The van der Waals surface area contributed by atoms with E-state index in [2.05, 4.69) is 15.7 Å². The van der Waals surface area contributed by atoms with E-state index in [1.54, 1.807) is 12.3 Å². The summed E-state index contributed by atoms with van der Waals surface area (Å²) in [4.78, 5) is 24.0. The third-order valence-electron chi connectivity index (χ3n) is 5.19. The van der Waals surface area contributed by atoms with Gasteiger partial charge in [0.1, 0.15) is 5.75 Å². The van der Waals surface area contributed by atoms with Crippen molar-refractivity contribution in [1.29, 1.82) is 0 Å². The van der Waals surface area contributed by atoms with E-state index in [1.165, 1.54) is 0 Å². The Labute approximate surface area is 161 Å². The Hall–Kier alpha value is -3.61. The van der Waals surface area contributed by atoms with Gasteiger partial charge in [0.05, 0.1) is 17.6 Å². The summed E-state index contributed by atoms with van der Waals surface area (Å²) in [5.41, 5.74) is 5.34. The van der Waals surface area contributed by atoms with Crippen LogP contribution < -0.4 is 15.4 Å². The zero-order valence-corrected chi connectivity index (χ0v) is 15.2. The number of fused-ring (bicyclic) bond motifs is 2. The smallest absolute Gasteiger partial charge is 0.262 e. The topological polar surface area (TPSA) is 85.2 Å². The Bertz CT molecular complexity index is 1120. The van der Waals surface area contributed by atoms with Gasteiger partial charge < -0.3 is 15.4 Å². The predicted octanol–water partition coefficient (Wildman–Crippen LogP) is 2.99. The normalized spacial score (nSPS) is 17.8. The highest BCUT2D eigenvalue weighted by atomic mass is 16.5. The fourth-order valence-electron chi connectivity index (χ4n) is 3.80. The van der Waals surface area contributed by atoms with Crippen LogP contribution in [0.1, 0.15) is 29.0 Å². The standard InChI is InChI=1S/C21H18N4O3/c1-12-4-2-3-5-18(12)25-10-13(9-22-25)14-7-20(26)23-16-8-19-17(6-15(14)16)24-21(27)11-28-19/h2-6,8-10,14H,7,11H2,1H3,(H,23,26)(H,24,27)/t14-/m1/s1. The second kappa shape index (κ2) is 6.23. The highest BCUT2D eigenvalue weighted by molar-refractivity contribution is 5.99.